The molecule has 2 nitrogen and oxygen atoms in total. The van der Waals surface area contributed by atoms with E-state index in [9.17, 15) is 18.3 Å². The van der Waals surface area contributed by atoms with Crippen molar-refractivity contribution in [3.8, 4) is 0 Å². The highest BCUT2D eigenvalue weighted by atomic mass is 32.1. The second kappa shape index (κ2) is 5.93. The van der Waals surface area contributed by atoms with Crippen LogP contribution < -0.4 is 0 Å². The van der Waals surface area contributed by atoms with Gasteiger partial charge >= 0.3 is 6.18 Å². The van der Waals surface area contributed by atoms with Gasteiger partial charge in [0.25, 0.3) is 0 Å². The number of alkyl halides is 3. The van der Waals surface area contributed by atoms with Crippen molar-refractivity contribution in [2.45, 2.75) is 32.0 Å². The molecule has 6 heteroatoms. The Hall–Kier alpha value is -1.40. The Kier molecular flexibility index (Phi) is 4.45. The van der Waals surface area contributed by atoms with Gasteiger partial charge < -0.3 is 5.11 Å². The van der Waals surface area contributed by atoms with Crippen LogP contribution in [-0.4, -0.2) is 16.2 Å². The monoisotopic (exact) mass is 301 g/mol. The van der Waals surface area contributed by atoms with Crippen LogP contribution in [0.1, 0.15) is 27.9 Å². The molecule has 2 rings (SSSR count). The summed E-state index contributed by atoms with van der Waals surface area (Å²) in [4.78, 5) is 5.11. The van der Waals surface area contributed by atoms with E-state index in [4.69, 9.17) is 0 Å². The van der Waals surface area contributed by atoms with Crippen molar-refractivity contribution >= 4 is 11.3 Å². The zero-order valence-corrected chi connectivity index (χ0v) is 11.6. The minimum atomic E-state index is -4.32. The molecule has 2 aromatic rings. The van der Waals surface area contributed by atoms with E-state index in [0.29, 0.717) is 18.4 Å². The summed E-state index contributed by atoms with van der Waals surface area (Å²) in [6, 6.07) is 5.27. The fraction of sp³-hybridized carbons (Fsp3) is 0.357. The van der Waals surface area contributed by atoms with Crippen LogP contribution in [0.2, 0.25) is 0 Å². The van der Waals surface area contributed by atoms with Crippen molar-refractivity contribution in [2.24, 2.45) is 0 Å². The lowest BCUT2D eigenvalue weighted by atomic mass is 10.1. The van der Waals surface area contributed by atoms with Crippen LogP contribution in [0, 0.1) is 0 Å². The molecule has 0 aliphatic rings. The largest absolute Gasteiger partial charge is 0.416 e. The molecule has 0 spiro atoms. The number of hydrogen-bond donors (Lipinski definition) is 1. The first-order valence-electron chi connectivity index (χ1n) is 6.12. The van der Waals surface area contributed by atoms with Crippen molar-refractivity contribution < 1.29 is 18.3 Å². The molecule has 1 aromatic heterocycles. The minimum Gasteiger partial charge on any atom is -0.393 e. The van der Waals surface area contributed by atoms with Gasteiger partial charge in [0, 0.05) is 23.9 Å². The highest BCUT2D eigenvalue weighted by Gasteiger charge is 2.30. The van der Waals surface area contributed by atoms with Gasteiger partial charge in [0.1, 0.15) is 0 Å². The Morgan fingerprint density at radius 1 is 1.35 bits per heavy atom. The standard InChI is InChI=1S/C14H14F3NOS/c1-9(19)5-12-8-18-13(20-12)7-10-3-2-4-11(6-10)14(15,16)17/h2-4,6,8-9,19H,5,7H2,1H3. The third-order valence-corrected chi connectivity index (χ3v) is 3.73. The lowest BCUT2D eigenvalue weighted by molar-refractivity contribution is -0.137. The average molecular weight is 301 g/mol. The van der Waals surface area contributed by atoms with Crippen LogP contribution in [0.15, 0.2) is 30.5 Å². The maximum Gasteiger partial charge on any atom is 0.416 e. The third-order valence-electron chi connectivity index (χ3n) is 2.71. The molecule has 0 saturated carbocycles. The number of thiazole rings is 1. The van der Waals surface area contributed by atoms with Crippen LogP contribution in [-0.2, 0) is 19.0 Å². The number of aliphatic hydroxyl groups is 1. The normalized spacial score (nSPS) is 13.4. The summed E-state index contributed by atoms with van der Waals surface area (Å²) in [6.07, 6.45) is -2.22. The van der Waals surface area contributed by atoms with Gasteiger partial charge in [-0.1, -0.05) is 18.2 Å². The van der Waals surface area contributed by atoms with Gasteiger partial charge in [0.15, 0.2) is 0 Å². The maximum atomic E-state index is 12.6. The molecule has 1 N–H and O–H groups in total. The molecular formula is C14H14F3NOS. The predicted octanol–water partition coefficient (Wildman–Crippen LogP) is 3.68. The summed E-state index contributed by atoms with van der Waals surface area (Å²) in [5, 5.41) is 10.0. The third kappa shape index (κ3) is 4.05. The zero-order chi connectivity index (χ0) is 14.8. The minimum absolute atomic E-state index is 0.369. The highest BCUT2D eigenvalue weighted by molar-refractivity contribution is 7.11. The maximum absolute atomic E-state index is 12.6. The van der Waals surface area contributed by atoms with Gasteiger partial charge in [-0.3, -0.25) is 0 Å². The molecule has 0 aliphatic heterocycles. The Bertz CT molecular complexity index is 578. The molecule has 1 unspecified atom stereocenters. The number of nitrogens with zero attached hydrogens (tertiary/aromatic N) is 1. The molecule has 1 atom stereocenters. The van der Waals surface area contributed by atoms with Gasteiger partial charge in [-0.15, -0.1) is 11.3 Å². The average Bonchev–Trinajstić information content (AvgIpc) is 2.75. The van der Waals surface area contributed by atoms with Crippen LogP contribution in [0.5, 0.6) is 0 Å². The van der Waals surface area contributed by atoms with E-state index in [-0.39, 0.29) is 0 Å². The molecule has 0 saturated heterocycles. The fourth-order valence-corrected chi connectivity index (χ4v) is 2.92. The SMILES string of the molecule is CC(O)Cc1cnc(Cc2cccc(C(F)(F)F)c2)s1. The van der Waals surface area contributed by atoms with E-state index >= 15 is 0 Å². The van der Waals surface area contributed by atoms with E-state index < -0.39 is 17.8 Å². The van der Waals surface area contributed by atoms with E-state index in [0.717, 1.165) is 22.0 Å². The molecule has 1 heterocycles. The van der Waals surface area contributed by atoms with Gasteiger partial charge in [-0.25, -0.2) is 4.98 Å². The van der Waals surface area contributed by atoms with Crippen molar-refractivity contribution in [1.29, 1.82) is 0 Å². The summed E-state index contributed by atoms with van der Waals surface area (Å²) >= 11 is 1.42. The summed E-state index contributed by atoms with van der Waals surface area (Å²) < 4.78 is 37.8. The molecule has 0 aliphatic carbocycles. The Morgan fingerprint density at radius 3 is 2.75 bits per heavy atom. The number of hydrogen-bond acceptors (Lipinski definition) is 3. The zero-order valence-electron chi connectivity index (χ0n) is 10.8. The van der Waals surface area contributed by atoms with Crippen molar-refractivity contribution in [3.63, 3.8) is 0 Å². The van der Waals surface area contributed by atoms with E-state index in [1.807, 2.05) is 0 Å². The van der Waals surface area contributed by atoms with Crippen molar-refractivity contribution in [2.75, 3.05) is 0 Å². The Morgan fingerprint density at radius 2 is 2.10 bits per heavy atom. The Balaban J connectivity index is 2.12. The fourth-order valence-electron chi connectivity index (χ4n) is 1.85. The van der Waals surface area contributed by atoms with Gasteiger partial charge in [-0.2, -0.15) is 13.2 Å². The lowest BCUT2D eigenvalue weighted by Crippen LogP contribution is -2.05. The second-order valence-corrected chi connectivity index (χ2v) is 5.85. The summed E-state index contributed by atoms with van der Waals surface area (Å²) in [7, 11) is 0. The van der Waals surface area contributed by atoms with Crippen LogP contribution in [0.25, 0.3) is 0 Å². The number of aromatic nitrogens is 1. The van der Waals surface area contributed by atoms with Gasteiger partial charge in [0.2, 0.25) is 0 Å². The molecule has 108 valence electrons. The van der Waals surface area contributed by atoms with Gasteiger partial charge in [0.05, 0.1) is 16.7 Å². The first kappa shape index (κ1) is 15.0. The van der Waals surface area contributed by atoms with Crippen molar-refractivity contribution in [1.82, 2.24) is 4.98 Å². The second-order valence-electron chi connectivity index (χ2n) is 4.65. The topological polar surface area (TPSA) is 33.1 Å². The first-order chi connectivity index (χ1) is 9.34. The number of halogens is 3. The van der Waals surface area contributed by atoms with Crippen LogP contribution >= 0.6 is 11.3 Å². The number of aliphatic hydroxyl groups excluding tert-OH is 1. The smallest absolute Gasteiger partial charge is 0.393 e. The van der Waals surface area contributed by atoms with E-state index in [2.05, 4.69) is 4.98 Å². The first-order valence-corrected chi connectivity index (χ1v) is 6.94. The lowest BCUT2D eigenvalue weighted by Gasteiger charge is -2.07. The molecule has 20 heavy (non-hydrogen) atoms. The molecular weight excluding hydrogens is 287 g/mol. The summed E-state index contributed by atoms with van der Waals surface area (Å²) in [5.41, 5.74) is -0.0615. The molecule has 0 fully saturated rings. The van der Waals surface area contributed by atoms with Crippen LogP contribution in [0.3, 0.4) is 0 Å². The molecule has 0 amide bonds. The van der Waals surface area contributed by atoms with Gasteiger partial charge in [-0.05, 0) is 18.6 Å². The summed E-state index contributed by atoms with van der Waals surface area (Å²) in [5.74, 6) is 0. The molecule has 1 aromatic carbocycles. The van der Waals surface area contributed by atoms with Crippen LogP contribution in [0.4, 0.5) is 13.2 Å². The molecule has 0 bridgehead atoms. The Labute approximate surface area is 118 Å². The van der Waals surface area contributed by atoms with E-state index in [1.54, 1.807) is 19.2 Å². The predicted molar refractivity (Wildman–Crippen MR) is 71.7 cm³/mol. The number of rotatable bonds is 4. The quantitative estimate of drug-likeness (QED) is 0.934. The highest BCUT2D eigenvalue weighted by Crippen LogP contribution is 2.30. The summed E-state index contributed by atoms with van der Waals surface area (Å²) in [6.45, 7) is 1.69. The molecule has 0 radical (unpaired) electrons. The van der Waals surface area contributed by atoms with Crippen molar-refractivity contribution in [3.05, 3.63) is 51.5 Å². The number of benzene rings is 1. The van der Waals surface area contributed by atoms with E-state index in [1.165, 1.54) is 17.4 Å².